The van der Waals surface area contributed by atoms with Crippen LogP contribution in [0.2, 0.25) is 0 Å². The summed E-state index contributed by atoms with van der Waals surface area (Å²) in [6.07, 6.45) is 0.625. The summed E-state index contributed by atoms with van der Waals surface area (Å²) in [5.41, 5.74) is 6.20. The zero-order valence-electron chi connectivity index (χ0n) is 20.5. The van der Waals surface area contributed by atoms with E-state index >= 15 is 0 Å². The van der Waals surface area contributed by atoms with Crippen LogP contribution in [-0.2, 0) is 35.2 Å². The van der Waals surface area contributed by atoms with Crippen molar-refractivity contribution in [3.8, 4) is 6.07 Å². The molecule has 0 spiro atoms. The van der Waals surface area contributed by atoms with Gasteiger partial charge in [-0.15, -0.1) is 0 Å². The van der Waals surface area contributed by atoms with Crippen molar-refractivity contribution in [3.05, 3.63) is 35.9 Å². The summed E-state index contributed by atoms with van der Waals surface area (Å²) < 4.78 is 14.6. The molecule has 13 heteroatoms. The van der Waals surface area contributed by atoms with Crippen molar-refractivity contribution in [1.29, 1.82) is 5.26 Å². The number of esters is 2. The molecular formula is C22H36N4O7S2. The molecule has 1 aliphatic heterocycles. The number of nitrogens with zero attached hydrogens (tertiary/aromatic N) is 2. The summed E-state index contributed by atoms with van der Waals surface area (Å²) in [5.74, 6) is -1.43. The largest absolute Gasteiger partial charge is 0.481 e. The molecule has 0 aliphatic carbocycles. The second-order valence-electron chi connectivity index (χ2n) is 6.15. The Morgan fingerprint density at radius 2 is 1.80 bits per heavy atom. The molecule has 0 radical (unpaired) electrons. The smallest absolute Gasteiger partial charge is 0.321 e. The highest BCUT2D eigenvalue weighted by Crippen LogP contribution is 2.22. The number of rotatable bonds is 7. The third kappa shape index (κ3) is 21.6. The van der Waals surface area contributed by atoms with Crippen LogP contribution < -0.4 is 11.9 Å². The van der Waals surface area contributed by atoms with Gasteiger partial charge in [0.05, 0.1) is 45.1 Å². The van der Waals surface area contributed by atoms with Gasteiger partial charge in [-0.1, -0.05) is 49.0 Å². The van der Waals surface area contributed by atoms with Gasteiger partial charge >= 0.3 is 11.9 Å². The lowest BCUT2D eigenvalue weighted by Crippen LogP contribution is -2.24. The Hall–Kier alpha value is -2.63. The molecule has 2 atom stereocenters. The maximum absolute atomic E-state index is 11.3. The van der Waals surface area contributed by atoms with E-state index in [9.17, 15) is 9.59 Å². The minimum absolute atomic E-state index is 0. The molecule has 2 unspecified atom stereocenters. The summed E-state index contributed by atoms with van der Waals surface area (Å²) in [6.45, 7) is 4.62. The van der Waals surface area contributed by atoms with Crippen molar-refractivity contribution < 1.29 is 33.7 Å². The maximum atomic E-state index is 11.3. The van der Waals surface area contributed by atoms with Crippen LogP contribution in [0.25, 0.3) is 0 Å². The fourth-order valence-corrected chi connectivity index (χ4v) is 2.90. The molecule has 1 heterocycles. The number of nitriles is 1. The van der Waals surface area contributed by atoms with Crippen LogP contribution in [0.1, 0.15) is 25.8 Å². The third-order valence-corrected chi connectivity index (χ3v) is 4.93. The van der Waals surface area contributed by atoms with Crippen molar-refractivity contribution in [3.63, 3.8) is 0 Å². The van der Waals surface area contributed by atoms with Crippen LogP contribution in [0.4, 0.5) is 0 Å². The lowest BCUT2D eigenvalue weighted by Gasteiger charge is -2.06. The van der Waals surface area contributed by atoms with E-state index in [1.54, 1.807) is 0 Å². The first-order valence-corrected chi connectivity index (χ1v) is 11.5. The molecule has 35 heavy (non-hydrogen) atoms. The highest BCUT2D eigenvalue weighted by Gasteiger charge is 2.26. The third-order valence-electron chi connectivity index (χ3n) is 3.37. The zero-order valence-corrected chi connectivity index (χ0v) is 22.2. The van der Waals surface area contributed by atoms with E-state index in [-0.39, 0.29) is 29.9 Å². The normalized spacial score (nSPS) is 13.7. The second kappa shape index (κ2) is 24.5. The molecule has 1 aromatic rings. The van der Waals surface area contributed by atoms with Crippen LogP contribution in [0.3, 0.4) is 0 Å². The number of benzene rings is 1. The van der Waals surface area contributed by atoms with E-state index < -0.39 is 11.2 Å². The molecule has 0 bridgehead atoms. The molecule has 0 saturated carbocycles. The average molecular weight is 533 g/mol. The summed E-state index contributed by atoms with van der Waals surface area (Å²) in [6, 6.07) is 11.9. The Balaban J connectivity index is -0.000000503. The summed E-state index contributed by atoms with van der Waals surface area (Å²) in [7, 11) is 2.70. The molecule has 0 amide bonds. The maximum Gasteiger partial charge on any atom is 0.321 e. The number of aliphatic carboxylic acids is 1. The number of carbonyl (C=O) groups excluding carboxylic acids is 2. The summed E-state index contributed by atoms with van der Waals surface area (Å²) >= 11 is 5.23. The number of thioether (sulfide) groups is 1. The first-order valence-electron chi connectivity index (χ1n) is 10.1. The molecule has 0 fully saturated rings. The minimum Gasteiger partial charge on any atom is -0.481 e. The highest BCUT2D eigenvalue weighted by atomic mass is 32.2. The van der Waals surface area contributed by atoms with E-state index in [2.05, 4.69) is 27.1 Å². The molecule has 198 valence electrons. The van der Waals surface area contributed by atoms with Gasteiger partial charge < -0.3 is 31.2 Å². The topological polar surface area (TPSA) is 196 Å². The SMILES string of the molecule is CC(=O)O.CCC#N.COC(=O)C(S)CN.COC(=O)C1CN=C(COCc2ccccc2)S1.N. The van der Waals surface area contributed by atoms with Crippen molar-refractivity contribution in [2.24, 2.45) is 10.7 Å². The van der Waals surface area contributed by atoms with Gasteiger partial charge in [-0.25, -0.2) is 0 Å². The molecule has 2 rings (SSSR count). The van der Waals surface area contributed by atoms with Gasteiger partial charge in [-0.05, 0) is 5.56 Å². The standard InChI is InChI=1S/C13H15NO3S.C4H9NO2S.C3H5N.C2H4O2.H3N/c1-16-13(15)11-7-14-12(18-11)9-17-8-10-5-3-2-4-6-10;1-7-4(6)3(8)2-5;1-2-3-4;1-2(3)4;/h2-6,11H,7-9H2,1H3;3,8H,2,5H2,1H3;2H2,1H3;1H3,(H,3,4);1H3. The number of carbonyl (C=O) groups is 3. The van der Waals surface area contributed by atoms with Gasteiger partial charge in [-0.2, -0.15) is 17.9 Å². The molecule has 0 saturated heterocycles. The first kappa shape index (κ1) is 36.9. The van der Waals surface area contributed by atoms with Gasteiger partial charge in [0.2, 0.25) is 0 Å². The second-order valence-corrected chi connectivity index (χ2v) is 8.05. The number of carboxylic acid groups (broad SMARTS) is 1. The quantitative estimate of drug-likeness (QED) is 0.297. The Bertz CT molecular complexity index is 786. The van der Waals surface area contributed by atoms with Crippen LogP contribution >= 0.6 is 24.4 Å². The van der Waals surface area contributed by atoms with E-state index in [0.717, 1.165) is 17.5 Å². The molecule has 6 N–H and O–H groups in total. The van der Waals surface area contributed by atoms with E-state index in [0.29, 0.717) is 26.2 Å². The van der Waals surface area contributed by atoms with Gasteiger partial charge in [0.1, 0.15) is 10.5 Å². The summed E-state index contributed by atoms with van der Waals surface area (Å²) in [4.78, 5) is 34.9. The summed E-state index contributed by atoms with van der Waals surface area (Å²) in [5, 5.41) is 15.2. The number of carboxylic acids is 1. The Morgan fingerprint density at radius 3 is 2.20 bits per heavy atom. The lowest BCUT2D eigenvalue weighted by molar-refractivity contribution is -0.140. The average Bonchev–Trinajstić information content (AvgIpc) is 3.32. The minimum atomic E-state index is -0.833. The predicted molar refractivity (Wildman–Crippen MR) is 140 cm³/mol. The lowest BCUT2D eigenvalue weighted by atomic mass is 10.2. The zero-order chi connectivity index (χ0) is 26.4. The van der Waals surface area contributed by atoms with Crippen molar-refractivity contribution >= 4 is 47.3 Å². The van der Waals surface area contributed by atoms with Gasteiger partial charge in [-0.3, -0.25) is 19.4 Å². The number of nitrogens with two attached hydrogens (primary N) is 1. The molecular weight excluding hydrogens is 496 g/mol. The Labute approximate surface area is 216 Å². The van der Waals surface area contributed by atoms with E-state index in [1.165, 1.54) is 26.0 Å². The number of hydrogen-bond donors (Lipinski definition) is 4. The Morgan fingerprint density at radius 1 is 1.26 bits per heavy atom. The monoisotopic (exact) mass is 532 g/mol. The van der Waals surface area contributed by atoms with Crippen LogP contribution in [0, 0.1) is 11.3 Å². The number of ether oxygens (including phenoxy) is 3. The van der Waals surface area contributed by atoms with Crippen LogP contribution in [0.5, 0.6) is 0 Å². The molecule has 1 aromatic carbocycles. The molecule has 0 aromatic heterocycles. The van der Waals surface area contributed by atoms with Crippen molar-refractivity contribution in [2.45, 2.75) is 37.4 Å². The number of methoxy groups -OCH3 is 2. The van der Waals surface area contributed by atoms with E-state index in [4.69, 9.17) is 25.6 Å². The Kier molecular flexibility index (Phi) is 25.8. The fraction of sp³-hybridized carbons (Fsp3) is 0.500. The predicted octanol–water partition coefficient (Wildman–Crippen LogP) is 2.48. The van der Waals surface area contributed by atoms with Crippen LogP contribution in [0.15, 0.2) is 35.3 Å². The van der Waals surface area contributed by atoms with E-state index in [1.807, 2.05) is 43.3 Å². The fourth-order valence-electron chi connectivity index (χ4n) is 1.82. The molecule has 1 aliphatic rings. The molecule has 11 nitrogen and oxygen atoms in total. The van der Waals surface area contributed by atoms with Gasteiger partial charge in [0.25, 0.3) is 5.97 Å². The highest BCUT2D eigenvalue weighted by molar-refractivity contribution is 8.15. The first-order chi connectivity index (χ1) is 16.2. The van der Waals surface area contributed by atoms with Crippen LogP contribution in [-0.4, -0.2) is 72.5 Å². The number of aliphatic imine (C=N–C) groups is 1. The van der Waals surface area contributed by atoms with Crippen molar-refractivity contribution in [1.82, 2.24) is 6.15 Å². The van der Waals surface area contributed by atoms with Gasteiger partial charge in [0.15, 0.2) is 0 Å². The van der Waals surface area contributed by atoms with Crippen molar-refractivity contribution in [2.75, 3.05) is 33.9 Å². The van der Waals surface area contributed by atoms with Gasteiger partial charge in [0, 0.05) is 19.9 Å². The number of thiol groups is 1. The number of hydrogen-bond acceptors (Lipinski definition) is 12.